The number of carbonyl (C=O) groups excluding carboxylic acids is 2. The van der Waals surface area contributed by atoms with Crippen LogP contribution in [-0.2, 0) is 26.8 Å². The number of nitrogens with zero attached hydrogens (tertiary/aromatic N) is 2. The van der Waals surface area contributed by atoms with Gasteiger partial charge in [0.25, 0.3) is 0 Å². The van der Waals surface area contributed by atoms with Gasteiger partial charge in [-0.15, -0.1) is 0 Å². The highest BCUT2D eigenvalue weighted by molar-refractivity contribution is 6.10. The second-order valence-corrected chi connectivity index (χ2v) is 25.4. The van der Waals surface area contributed by atoms with Gasteiger partial charge in [-0.05, 0) is 187 Å². The summed E-state index contributed by atoms with van der Waals surface area (Å²) in [5.41, 5.74) is -0.534. The summed E-state index contributed by atoms with van der Waals surface area (Å²) in [7, 11) is 4.43. The number of methoxy groups -OCH3 is 3. The number of unbranched alkanes of at least 4 members (excludes halogenated alkanes) is 2. The van der Waals surface area contributed by atoms with Gasteiger partial charge in [-0.1, -0.05) is 88.9 Å². The Morgan fingerprint density at radius 3 is 1.66 bits per heavy atom. The van der Waals surface area contributed by atoms with Crippen LogP contribution in [0, 0.1) is 17.8 Å². The molecule has 0 N–H and O–H groups in total. The SMILES string of the molecule is CCCCCC1CCC(c2ccc(OC(=O)C3CCC(C(=O)Oc4ccc(N5CCN(c6cc7c8c(c9c(c7cc6OC)OC(c6ccc(OC)cc6)(c6ccc(OC)cc6)C(C(F)(F)F)=C9)C(C)(C)c6ccc(C(F)(F)F)cc6-8)CC5)cc4)CC3)cc2)CC1. The molecule has 0 unspecified atom stereocenters. The summed E-state index contributed by atoms with van der Waals surface area (Å²) in [6.07, 6.45) is 3.72. The number of rotatable bonds is 16. The van der Waals surface area contributed by atoms with E-state index >= 15 is 13.2 Å². The van der Waals surface area contributed by atoms with Gasteiger partial charge < -0.3 is 38.2 Å². The van der Waals surface area contributed by atoms with Crippen molar-refractivity contribution >= 4 is 40.2 Å². The predicted molar refractivity (Wildman–Crippen MR) is 337 cm³/mol. The third-order valence-corrected chi connectivity index (χ3v) is 19.8. The summed E-state index contributed by atoms with van der Waals surface area (Å²) in [5.74, 6) is 2.43. The Morgan fingerprint density at radius 2 is 1.13 bits per heavy atom. The topological polar surface area (TPSA) is 96.0 Å². The molecule has 0 bridgehead atoms. The van der Waals surface area contributed by atoms with Crippen LogP contribution in [0.25, 0.3) is 28.0 Å². The minimum atomic E-state index is -5.00. The van der Waals surface area contributed by atoms with Gasteiger partial charge in [-0.25, -0.2) is 0 Å². The molecule has 2 heterocycles. The lowest BCUT2D eigenvalue weighted by atomic mass is 9.73. The summed E-state index contributed by atoms with van der Waals surface area (Å²) >= 11 is 0. The van der Waals surface area contributed by atoms with Crippen LogP contribution in [-0.4, -0.2) is 65.6 Å². The molecule has 7 aromatic rings. The largest absolute Gasteiger partial charge is 0.497 e. The number of piperazine rings is 1. The van der Waals surface area contributed by atoms with E-state index < -0.39 is 34.5 Å². The molecule has 0 radical (unpaired) electrons. The van der Waals surface area contributed by atoms with E-state index in [1.54, 1.807) is 42.5 Å². The number of hydrogen-bond acceptors (Lipinski definition) is 10. The van der Waals surface area contributed by atoms with Crippen LogP contribution in [0.1, 0.15) is 143 Å². The molecule has 16 heteroatoms. The van der Waals surface area contributed by atoms with Crippen molar-refractivity contribution in [1.29, 1.82) is 0 Å². The Balaban J connectivity index is 0.768. The third-order valence-electron chi connectivity index (χ3n) is 19.8. The molecule has 7 aromatic carbocycles. The first-order valence-corrected chi connectivity index (χ1v) is 31.6. The van der Waals surface area contributed by atoms with Crippen LogP contribution in [0.2, 0.25) is 0 Å². The molecule has 472 valence electrons. The van der Waals surface area contributed by atoms with Crippen molar-refractivity contribution in [2.45, 2.75) is 127 Å². The number of esters is 2. The number of carbonyl (C=O) groups is 2. The summed E-state index contributed by atoms with van der Waals surface area (Å²) in [4.78, 5) is 31.2. The number of anilines is 2. The molecular weight excluding hydrogens is 1160 g/mol. The molecule has 0 aromatic heterocycles. The minimum absolute atomic E-state index is 0.0969. The van der Waals surface area contributed by atoms with E-state index in [4.69, 9.17) is 28.4 Å². The number of ether oxygens (including phenoxy) is 6. The molecule has 90 heavy (non-hydrogen) atoms. The van der Waals surface area contributed by atoms with Crippen molar-refractivity contribution in [2.75, 3.05) is 57.3 Å². The predicted octanol–water partition coefficient (Wildman–Crippen LogP) is 18.0. The molecule has 3 aliphatic carbocycles. The minimum Gasteiger partial charge on any atom is -0.497 e. The molecule has 0 amide bonds. The molecule has 5 aliphatic rings. The third kappa shape index (κ3) is 11.8. The van der Waals surface area contributed by atoms with E-state index in [2.05, 4.69) is 28.9 Å². The van der Waals surface area contributed by atoms with Crippen LogP contribution in [0.4, 0.5) is 37.7 Å². The highest BCUT2D eigenvalue weighted by Crippen LogP contribution is 2.62. The molecule has 0 atom stereocenters. The van der Waals surface area contributed by atoms with Gasteiger partial charge in [0.2, 0.25) is 0 Å². The van der Waals surface area contributed by atoms with Gasteiger partial charge in [-0.2, -0.15) is 26.3 Å². The van der Waals surface area contributed by atoms with Gasteiger partial charge in [0.1, 0.15) is 34.5 Å². The van der Waals surface area contributed by atoms with Crippen molar-refractivity contribution in [1.82, 2.24) is 0 Å². The quantitative estimate of drug-likeness (QED) is 0.0403. The fourth-order valence-corrected chi connectivity index (χ4v) is 14.8. The lowest BCUT2D eigenvalue weighted by Crippen LogP contribution is -2.46. The average molecular weight is 1240 g/mol. The van der Waals surface area contributed by atoms with Crippen molar-refractivity contribution in [3.8, 4) is 45.6 Å². The van der Waals surface area contributed by atoms with Crippen molar-refractivity contribution < 1.29 is 64.4 Å². The second kappa shape index (κ2) is 24.9. The van der Waals surface area contributed by atoms with Crippen LogP contribution in [0.3, 0.4) is 0 Å². The zero-order valence-electron chi connectivity index (χ0n) is 51.8. The van der Waals surface area contributed by atoms with Crippen LogP contribution in [0.15, 0.2) is 133 Å². The van der Waals surface area contributed by atoms with Gasteiger partial charge in [0.15, 0.2) is 5.60 Å². The Labute approximate surface area is 522 Å². The Kier molecular flexibility index (Phi) is 17.2. The number of alkyl halides is 6. The number of benzene rings is 7. The first kappa shape index (κ1) is 62.1. The number of hydrogen-bond donors (Lipinski definition) is 0. The summed E-state index contributed by atoms with van der Waals surface area (Å²) in [6, 6.07) is 35.0. The van der Waals surface area contributed by atoms with E-state index in [1.807, 2.05) is 44.2 Å². The van der Waals surface area contributed by atoms with Crippen molar-refractivity contribution in [3.05, 3.63) is 172 Å². The summed E-state index contributed by atoms with van der Waals surface area (Å²) in [6.45, 7) is 7.96. The first-order valence-electron chi connectivity index (χ1n) is 31.6. The molecule has 1 saturated heterocycles. The van der Waals surface area contributed by atoms with E-state index in [1.165, 1.54) is 109 Å². The summed E-state index contributed by atoms with van der Waals surface area (Å²) in [5, 5.41) is 0.825. The molecule has 2 saturated carbocycles. The Hall–Kier alpha value is -8.14. The standard InChI is InChI=1S/C74H76F6N2O8/c1-7-8-9-10-45-11-13-46(14-12-45)47-19-28-56(29-20-47)88-69(83)48-15-17-49(18-16-48)70(84)89-57-34-26-53(27-35-57)81-37-39-82(40-38-81)63-42-58-59(43-64(63)87-6)68-61(67-66(58)60-41-52(73(75,76)77)25-36-62(60)71(67,2)3)44-65(74(78,79)80)72(90-68,50-21-30-54(85-4)31-22-50)51-23-32-55(86-5)33-24-51/h19-36,41-46,48-49H,7-18,37-40H2,1-6H3. The van der Waals surface area contributed by atoms with E-state index in [0.717, 1.165) is 29.8 Å². The molecule has 12 rings (SSSR count). The van der Waals surface area contributed by atoms with Gasteiger partial charge in [-0.3, -0.25) is 9.59 Å². The van der Waals surface area contributed by atoms with Crippen molar-refractivity contribution in [3.63, 3.8) is 0 Å². The van der Waals surface area contributed by atoms with Gasteiger partial charge >= 0.3 is 24.3 Å². The van der Waals surface area contributed by atoms with E-state index in [-0.39, 0.29) is 51.8 Å². The highest BCUT2D eigenvalue weighted by atomic mass is 19.4. The molecule has 3 fully saturated rings. The van der Waals surface area contributed by atoms with E-state index in [9.17, 15) is 22.8 Å². The van der Waals surface area contributed by atoms with E-state index in [0.29, 0.717) is 120 Å². The molecular formula is C74H76F6N2O8. The zero-order chi connectivity index (χ0) is 63.3. The Bertz CT molecular complexity index is 3750. The highest BCUT2D eigenvalue weighted by Gasteiger charge is 2.56. The maximum Gasteiger partial charge on any atom is 0.417 e. The Morgan fingerprint density at radius 1 is 0.589 bits per heavy atom. The smallest absolute Gasteiger partial charge is 0.417 e. The van der Waals surface area contributed by atoms with Crippen LogP contribution >= 0.6 is 0 Å². The van der Waals surface area contributed by atoms with Crippen LogP contribution in [0.5, 0.6) is 34.5 Å². The first-order chi connectivity index (χ1) is 43.2. The maximum atomic E-state index is 16.3. The lowest BCUT2D eigenvalue weighted by Gasteiger charge is -2.43. The fourth-order valence-electron chi connectivity index (χ4n) is 14.8. The number of fused-ring (bicyclic) bond motifs is 8. The molecule has 2 aliphatic heterocycles. The maximum absolute atomic E-state index is 16.3. The van der Waals surface area contributed by atoms with Crippen LogP contribution < -0.4 is 38.2 Å². The monoisotopic (exact) mass is 1230 g/mol. The lowest BCUT2D eigenvalue weighted by molar-refractivity contribution is -0.145. The van der Waals surface area contributed by atoms with Crippen molar-refractivity contribution in [2.24, 2.45) is 17.8 Å². The van der Waals surface area contributed by atoms with Gasteiger partial charge in [0.05, 0.1) is 50.0 Å². The second-order valence-electron chi connectivity index (χ2n) is 25.4. The molecule has 0 spiro atoms. The average Bonchev–Trinajstić information content (AvgIpc) is 1.37. The molecule has 10 nitrogen and oxygen atoms in total. The fraction of sp³-hybridized carbons (Fsp3) is 0.405. The summed E-state index contributed by atoms with van der Waals surface area (Å²) < 4.78 is 129. The van der Waals surface area contributed by atoms with Gasteiger partial charge in [0, 0.05) is 59.4 Å². The zero-order valence-corrected chi connectivity index (χ0v) is 51.8. The normalized spacial score (nSPS) is 20.2. The number of halogens is 6.